The van der Waals surface area contributed by atoms with Crippen LogP contribution in [0.3, 0.4) is 0 Å². The highest BCUT2D eigenvalue weighted by molar-refractivity contribution is 6.20. The maximum atomic E-state index is 2.50. The predicted molar refractivity (Wildman–Crippen MR) is 208 cm³/mol. The van der Waals surface area contributed by atoms with Gasteiger partial charge in [-0.1, -0.05) is 129 Å². The Morgan fingerprint density at radius 1 is 0.449 bits per heavy atom. The lowest BCUT2D eigenvalue weighted by molar-refractivity contribution is 0.666. The molecule has 0 bridgehead atoms. The smallest absolute Gasteiger partial charge is 0.0619 e. The first-order valence-corrected chi connectivity index (χ1v) is 17.1. The Kier molecular flexibility index (Phi) is 5.95. The molecule has 232 valence electrons. The van der Waals surface area contributed by atoms with Crippen molar-refractivity contribution >= 4 is 60.4 Å². The summed E-state index contributed by atoms with van der Waals surface area (Å²) in [6.45, 7) is 4.77. The normalized spacial score (nSPS) is 13.3. The van der Waals surface area contributed by atoms with Gasteiger partial charge in [0.25, 0.3) is 0 Å². The molecule has 0 atom stereocenters. The summed E-state index contributed by atoms with van der Waals surface area (Å²) in [5.41, 5.74) is 12.4. The fourth-order valence-electron chi connectivity index (χ4n) is 8.52. The van der Waals surface area contributed by atoms with Crippen LogP contribution in [-0.4, -0.2) is 4.57 Å². The van der Waals surface area contributed by atoms with Crippen molar-refractivity contribution in [2.24, 2.45) is 0 Å². The summed E-state index contributed by atoms with van der Waals surface area (Å²) in [6.07, 6.45) is 0. The molecule has 2 nitrogen and oxygen atoms in total. The quantitative estimate of drug-likeness (QED) is 0.189. The summed E-state index contributed by atoms with van der Waals surface area (Å²) in [7, 11) is 0. The van der Waals surface area contributed by atoms with Crippen molar-refractivity contribution in [3.63, 3.8) is 0 Å². The number of anilines is 3. The number of hydrogen-bond donors (Lipinski definition) is 0. The Morgan fingerprint density at radius 3 is 1.86 bits per heavy atom. The molecule has 1 aliphatic rings. The van der Waals surface area contributed by atoms with Crippen molar-refractivity contribution < 1.29 is 0 Å². The van der Waals surface area contributed by atoms with Crippen LogP contribution < -0.4 is 4.90 Å². The van der Waals surface area contributed by atoms with Crippen molar-refractivity contribution in [1.29, 1.82) is 0 Å². The van der Waals surface area contributed by atoms with E-state index in [2.05, 4.69) is 193 Å². The van der Waals surface area contributed by atoms with Gasteiger partial charge < -0.3 is 9.47 Å². The van der Waals surface area contributed by atoms with Gasteiger partial charge in [0.15, 0.2) is 0 Å². The molecule has 0 unspecified atom stereocenters. The summed E-state index contributed by atoms with van der Waals surface area (Å²) >= 11 is 0. The van der Waals surface area contributed by atoms with E-state index in [4.69, 9.17) is 0 Å². The number of para-hydroxylation sites is 2. The monoisotopic (exact) mass is 626 g/mol. The fraction of sp³-hybridized carbons (Fsp3) is 0.0638. The Morgan fingerprint density at radius 2 is 1.08 bits per heavy atom. The molecule has 0 spiro atoms. The largest absolute Gasteiger partial charge is 0.310 e. The van der Waals surface area contributed by atoms with Gasteiger partial charge in [-0.25, -0.2) is 0 Å². The Balaban J connectivity index is 1.30. The van der Waals surface area contributed by atoms with Gasteiger partial charge in [-0.2, -0.15) is 0 Å². The van der Waals surface area contributed by atoms with Gasteiger partial charge in [0.2, 0.25) is 0 Å². The van der Waals surface area contributed by atoms with E-state index in [1.165, 1.54) is 71.3 Å². The number of rotatable bonds is 4. The van der Waals surface area contributed by atoms with Crippen LogP contribution in [0, 0.1) is 0 Å². The van der Waals surface area contributed by atoms with Gasteiger partial charge in [0.05, 0.1) is 11.0 Å². The van der Waals surface area contributed by atoms with Gasteiger partial charge in [0.1, 0.15) is 0 Å². The van der Waals surface area contributed by atoms with Gasteiger partial charge in [-0.05, 0) is 93.0 Å². The lowest BCUT2D eigenvalue weighted by Crippen LogP contribution is -2.15. The molecule has 0 radical (unpaired) electrons. The van der Waals surface area contributed by atoms with Crippen LogP contribution >= 0.6 is 0 Å². The lowest BCUT2D eigenvalue weighted by Gasteiger charge is -2.25. The number of hydrogen-bond acceptors (Lipinski definition) is 1. The Bertz CT molecular complexity index is 2700. The minimum Gasteiger partial charge on any atom is -0.310 e. The molecule has 0 aliphatic heterocycles. The second kappa shape index (κ2) is 10.4. The van der Waals surface area contributed by atoms with Crippen molar-refractivity contribution in [2.75, 3.05) is 4.90 Å². The topological polar surface area (TPSA) is 8.17 Å². The van der Waals surface area contributed by atoms with Crippen LogP contribution in [0.2, 0.25) is 0 Å². The maximum Gasteiger partial charge on any atom is 0.0619 e. The number of aromatic nitrogens is 1. The zero-order chi connectivity index (χ0) is 32.7. The van der Waals surface area contributed by atoms with E-state index >= 15 is 0 Å². The number of benzene rings is 8. The molecule has 0 saturated heterocycles. The Hall–Kier alpha value is -6.12. The average Bonchev–Trinajstić information content (AvgIpc) is 3.61. The summed E-state index contributed by atoms with van der Waals surface area (Å²) < 4.78 is 2.50. The van der Waals surface area contributed by atoms with Crippen LogP contribution in [-0.2, 0) is 5.41 Å². The zero-order valence-corrected chi connectivity index (χ0v) is 27.6. The highest BCUT2D eigenvalue weighted by Crippen LogP contribution is 2.52. The van der Waals surface area contributed by atoms with Gasteiger partial charge in [0, 0.05) is 44.3 Å². The molecule has 9 aromatic rings. The van der Waals surface area contributed by atoms with Crippen LogP contribution in [0.15, 0.2) is 170 Å². The molecule has 49 heavy (non-hydrogen) atoms. The third-order valence-electron chi connectivity index (χ3n) is 10.7. The summed E-state index contributed by atoms with van der Waals surface area (Å²) in [5.74, 6) is 0. The predicted octanol–water partition coefficient (Wildman–Crippen LogP) is 12.9. The van der Waals surface area contributed by atoms with E-state index in [-0.39, 0.29) is 5.41 Å². The van der Waals surface area contributed by atoms with E-state index < -0.39 is 0 Å². The summed E-state index contributed by atoms with van der Waals surface area (Å²) in [4.78, 5) is 2.35. The van der Waals surface area contributed by atoms with Gasteiger partial charge >= 0.3 is 0 Å². The van der Waals surface area contributed by atoms with Gasteiger partial charge in [-0.15, -0.1) is 0 Å². The number of nitrogens with zero attached hydrogens (tertiary/aromatic N) is 2. The first kappa shape index (κ1) is 27.9. The van der Waals surface area contributed by atoms with Crippen LogP contribution in [0.5, 0.6) is 0 Å². The van der Waals surface area contributed by atoms with E-state index in [0.29, 0.717) is 0 Å². The van der Waals surface area contributed by atoms with Crippen LogP contribution in [0.4, 0.5) is 17.1 Å². The van der Waals surface area contributed by atoms with Crippen LogP contribution in [0.25, 0.3) is 60.2 Å². The maximum absolute atomic E-state index is 2.50. The van der Waals surface area contributed by atoms with Crippen molar-refractivity contribution in [3.05, 3.63) is 181 Å². The molecule has 2 heteroatoms. The third-order valence-corrected chi connectivity index (χ3v) is 10.7. The van der Waals surface area contributed by atoms with Crippen molar-refractivity contribution in [2.45, 2.75) is 19.3 Å². The van der Waals surface area contributed by atoms with E-state index in [1.807, 2.05) is 0 Å². The second-order valence-electron chi connectivity index (χ2n) is 13.8. The highest BCUT2D eigenvalue weighted by atomic mass is 15.1. The minimum absolute atomic E-state index is 0.0993. The SMILES string of the molecule is CC1(C)c2ccccc2-c2ccc3c(ccc4c5cc(N(c6ccccc6)c6ccccc6)ccc5n(-c5ccc6ccccc6c5)c34)c21. The molecule has 10 rings (SSSR count). The molecule has 8 aromatic carbocycles. The van der Waals surface area contributed by atoms with Crippen molar-refractivity contribution in [1.82, 2.24) is 4.57 Å². The molecule has 0 amide bonds. The van der Waals surface area contributed by atoms with E-state index in [0.717, 1.165) is 17.1 Å². The molecule has 0 N–H and O–H groups in total. The molecule has 1 aliphatic carbocycles. The fourth-order valence-corrected chi connectivity index (χ4v) is 8.52. The molecule has 0 fully saturated rings. The summed E-state index contributed by atoms with van der Waals surface area (Å²) in [6, 6.07) is 62.3. The Labute approximate surface area is 286 Å². The lowest BCUT2D eigenvalue weighted by atomic mass is 9.80. The molecular weight excluding hydrogens is 593 g/mol. The van der Waals surface area contributed by atoms with E-state index in [1.54, 1.807) is 0 Å². The second-order valence-corrected chi connectivity index (χ2v) is 13.8. The number of fused-ring (bicyclic) bond motifs is 10. The van der Waals surface area contributed by atoms with Gasteiger partial charge in [-0.3, -0.25) is 0 Å². The minimum atomic E-state index is -0.0993. The third kappa shape index (κ3) is 4.07. The first-order valence-electron chi connectivity index (χ1n) is 17.1. The zero-order valence-electron chi connectivity index (χ0n) is 27.6. The van der Waals surface area contributed by atoms with Crippen molar-refractivity contribution in [3.8, 4) is 16.8 Å². The first-order chi connectivity index (χ1) is 24.1. The molecule has 1 heterocycles. The highest BCUT2D eigenvalue weighted by Gasteiger charge is 2.37. The molecular formula is C47H34N2. The summed E-state index contributed by atoms with van der Waals surface area (Å²) in [5, 5.41) is 7.59. The standard InChI is InChI=1S/C47H34N2/c1-47(2)43-20-12-11-19-37(43)38-24-26-40-39(45(38)47)25-27-41-42-30-36(48(33-15-5-3-6-16-33)34-17-7-4-8-18-34)23-28-44(42)49(46(40)41)35-22-21-31-13-9-10-14-32(31)29-35/h3-30H,1-2H3. The average molecular weight is 627 g/mol. The molecule has 1 aromatic heterocycles. The van der Waals surface area contributed by atoms with E-state index in [9.17, 15) is 0 Å². The molecule has 0 saturated carbocycles. The van der Waals surface area contributed by atoms with Crippen LogP contribution in [0.1, 0.15) is 25.0 Å².